The molecule has 1 heterocycles. The number of carbonyl (C=O) groups excluding carboxylic acids is 2. The summed E-state index contributed by atoms with van der Waals surface area (Å²) in [5, 5.41) is 9.61. The molecule has 0 aromatic heterocycles. The maximum atomic E-state index is 13.6. The molecule has 1 atom stereocenters. The van der Waals surface area contributed by atoms with Gasteiger partial charge >= 0.3 is 0 Å². The van der Waals surface area contributed by atoms with E-state index in [0.717, 1.165) is 16.8 Å². The average molecular weight is 575 g/mol. The number of aryl methyl sites for hydroxylation is 2. The number of aliphatic imine (C=N–C) groups is 1. The zero-order valence-corrected chi connectivity index (χ0v) is 24.8. The zero-order chi connectivity index (χ0) is 29.5. The van der Waals surface area contributed by atoms with Crippen molar-refractivity contribution < 1.29 is 23.8 Å². The number of para-hydroxylation sites is 1. The molecule has 1 aliphatic heterocycles. The second-order valence-electron chi connectivity index (χ2n) is 9.42. The smallest absolute Gasteiger partial charge is 0.255 e. The van der Waals surface area contributed by atoms with E-state index in [0.29, 0.717) is 44.9 Å². The van der Waals surface area contributed by atoms with Crippen LogP contribution >= 0.6 is 11.8 Å². The number of ether oxygens (including phenoxy) is 3. The minimum Gasteiger partial charge on any atom is -0.493 e. The molecule has 0 radical (unpaired) electrons. The number of hydrogen-bond acceptors (Lipinski definition) is 8. The number of nitrogens with zero attached hydrogens (tertiary/aromatic N) is 1. The number of nitrogens with one attached hydrogen (secondary N) is 3. The highest BCUT2D eigenvalue weighted by molar-refractivity contribution is 8.14. The summed E-state index contributed by atoms with van der Waals surface area (Å²) < 4.78 is 16.6. The van der Waals surface area contributed by atoms with Crippen LogP contribution in [0.5, 0.6) is 17.2 Å². The van der Waals surface area contributed by atoms with Crippen LogP contribution in [0, 0.1) is 13.8 Å². The van der Waals surface area contributed by atoms with Crippen molar-refractivity contribution in [1.29, 1.82) is 0 Å². The SMILES string of the molecule is COc1cc([C@@H]2N=C(SCC(=O)Nc3ccc(C)c(C)c3)NC(C)=C2C(=O)Nc2ccccc2)cc(OC)c1OC. The highest BCUT2D eigenvalue weighted by Gasteiger charge is 2.31. The van der Waals surface area contributed by atoms with E-state index in [-0.39, 0.29) is 17.6 Å². The van der Waals surface area contributed by atoms with E-state index in [1.54, 1.807) is 12.1 Å². The van der Waals surface area contributed by atoms with Gasteiger partial charge in [0.2, 0.25) is 11.7 Å². The number of methoxy groups -OCH3 is 3. The fraction of sp³-hybridized carbons (Fsp3) is 0.258. The lowest BCUT2D eigenvalue weighted by Crippen LogP contribution is -2.32. The maximum absolute atomic E-state index is 13.6. The van der Waals surface area contributed by atoms with Crippen LogP contribution in [0.1, 0.15) is 29.7 Å². The monoisotopic (exact) mass is 574 g/mol. The second kappa shape index (κ2) is 13.3. The molecule has 0 saturated heterocycles. The van der Waals surface area contributed by atoms with Crippen LogP contribution < -0.4 is 30.2 Å². The molecule has 0 saturated carbocycles. The van der Waals surface area contributed by atoms with E-state index in [2.05, 4.69) is 16.0 Å². The van der Waals surface area contributed by atoms with Gasteiger partial charge in [-0.2, -0.15) is 0 Å². The maximum Gasteiger partial charge on any atom is 0.255 e. The summed E-state index contributed by atoms with van der Waals surface area (Å²) in [5.41, 5.74) is 5.36. The normalized spacial score (nSPS) is 14.5. The molecule has 9 nitrogen and oxygen atoms in total. The summed E-state index contributed by atoms with van der Waals surface area (Å²) in [6, 6.07) is 17.9. The van der Waals surface area contributed by atoms with E-state index in [1.165, 1.54) is 33.1 Å². The Bertz CT molecular complexity index is 1480. The second-order valence-corrected chi connectivity index (χ2v) is 10.4. The molecule has 3 aromatic carbocycles. The fourth-order valence-corrected chi connectivity index (χ4v) is 5.13. The van der Waals surface area contributed by atoms with Gasteiger partial charge in [0.25, 0.3) is 5.91 Å². The Morgan fingerprint density at radius 2 is 1.54 bits per heavy atom. The molecule has 10 heteroatoms. The Hall–Kier alpha value is -4.44. The van der Waals surface area contributed by atoms with Crippen LogP contribution in [0.15, 0.2) is 76.9 Å². The number of amidine groups is 1. The lowest BCUT2D eigenvalue weighted by atomic mass is 9.95. The molecule has 0 bridgehead atoms. The van der Waals surface area contributed by atoms with Crippen molar-refractivity contribution in [2.45, 2.75) is 26.8 Å². The molecule has 0 aliphatic carbocycles. The number of anilines is 2. The number of thioether (sulfide) groups is 1. The van der Waals surface area contributed by atoms with Gasteiger partial charge in [-0.3, -0.25) is 9.59 Å². The van der Waals surface area contributed by atoms with Crippen LogP contribution in [0.2, 0.25) is 0 Å². The van der Waals surface area contributed by atoms with Crippen LogP contribution in [0.3, 0.4) is 0 Å². The molecule has 1 aliphatic rings. The van der Waals surface area contributed by atoms with Crippen LogP contribution in [0.4, 0.5) is 11.4 Å². The molecule has 3 aromatic rings. The van der Waals surface area contributed by atoms with Gasteiger partial charge in [0.05, 0.1) is 32.7 Å². The largest absolute Gasteiger partial charge is 0.493 e. The van der Waals surface area contributed by atoms with Crippen LogP contribution in [-0.2, 0) is 9.59 Å². The van der Waals surface area contributed by atoms with Gasteiger partial charge in [-0.05, 0) is 73.9 Å². The summed E-state index contributed by atoms with van der Waals surface area (Å²) in [6.07, 6.45) is 0. The highest BCUT2D eigenvalue weighted by atomic mass is 32.2. The molecule has 0 fully saturated rings. The third kappa shape index (κ3) is 7.01. The van der Waals surface area contributed by atoms with Crippen molar-refractivity contribution in [3.05, 3.63) is 88.6 Å². The molecule has 214 valence electrons. The van der Waals surface area contributed by atoms with E-state index in [1.807, 2.05) is 69.3 Å². The number of rotatable bonds is 9. The Labute approximate surface area is 244 Å². The first-order chi connectivity index (χ1) is 19.7. The van der Waals surface area contributed by atoms with Crippen molar-refractivity contribution in [2.24, 2.45) is 4.99 Å². The minimum absolute atomic E-state index is 0.125. The first-order valence-corrected chi connectivity index (χ1v) is 13.9. The van der Waals surface area contributed by atoms with Crippen molar-refractivity contribution in [3.8, 4) is 17.2 Å². The summed E-state index contributed by atoms with van der Waals surface area (Å²) in [6.45, 7) is 5.85. The minimum atomic E-state index is -0.709. The van der Waals surface area contributed by atoms with E-state index in [9.17, 15) is 9.59 Å². The molecule has 3 N–H and O–H groups in total. The Kier molecular flexibility index (Phi) is 9.57. The standard InChI is InChI=1S/C31H34N4O5S/c1-18-12-13-23(14-19(18)2)33-26(36)17-41-31-32-20(3)27(30(37)34-22-10-8-7-9-11-22)28(35-31)21-15-24(38-4)29(40-6)25(16-21)39-5/h7-16,28H,17H2,1-6H3,(H,32,35)(H,33,36)(H,34,37)/t28-/m0/s1. The van der Waals surface area contributed by atoms with Gasteiger partial charge in [0.1, 0.15) is 6.04 Å². The summed E-state index contributed by atoms with van der Waals surface area (Å²) in [4.78, 5) is 31.2. The first kappa shape index (κ1) is 29.5. The number of allylic oxidation sites excluding steroid dienone is 1. The molecule has 0 spiro atoms. The van der Waals surface area contributed by atoms with Gasteiger partial charge in [-0.25, -0.2) is 4.99 Å². The first-order valence-electron chi connectivity index (χ1n) is 13.0. The Morgan fingerprint density at radius 3 is 2.15 bits per heavy atom. The van der Waals surface area contributed by atoms with Crippen molar-refractivity contribution in [3.63, 3.8) is 0 Å². The molecular weight excluding hydrogens is 540 g/mol. The number of hydrogen-bond donors (Lipinski definition) is 3. The van der Waals surface area contributed by atoms with Gasteiger partial charge in [-0.15, -0.1) is 0 Å². The van der Waals surface area contributed by atoms with E-state index < -0.39 is 6.04 Å². The Morgan fingerprint density at radius 1 is 0.854 bits per heavy atom. The Balaban J connectivity index is 1.63. The number of carbonyl (C=O) groups is 2. The van der Waals surface area contributed by atoms with Gasteiger partial charge < -0.3 is 30.2 Å². The third-order valence-electron chi connectivity index (χ3n) is 6.63. The molecular formula is C31H34N4O5S. The molecule has 0 unspecified atom stereocenters. The van der Waals surface area contributed by atoms with Crippen molar-refractivity contribution in [2.75, 3.05) is 37.7 Å². The third-order valence-corrected chi connectivity index (χ3v) is 7.52. The van der Waals surface area contributed by atoms with Crippen LogP contribution in [-0.4, -0.2) is 44.1 Å². The van der Waals surface area contributed by atoms with Crippen molar-refractivity contribution >= 4 is 40.1 Å². The fourth-order valence-electron chi connectivity index (χ4n) is 4.39. The molecule has 4 rings (SSSR count). The summed E-state index contributed by atoms with van der Waals surface area (Å²) >= 11 is 1.25. The van der Waals surface area contributed by atoms with Crippen molar-refractivity contribution in [1.82, 2.24) is 5.32 Å². The van der Waals surface area contributed by atoms with Gasteiger partial charge in [0.15, 0.2) is 16.7 Å². The quantitative estimate of drug-likeness (QED) is 0.305. The average Bonchev–Trinajstić information content (AvgIpc) is 2.97. The predicted molar refractivity (Wildman–Crippen MR) is 164 cm³/mol. The summed E-state index contributed by atoms with van der Waals surface area (Å²) in [5.74, 6) is 0.974. The lowest BCUT2D eigenvalue weighted by Gasteiger charge is -2.27. The van der Waals surface area contributed by atoms with Gasteiger partial charge in [0, 0.05) is 17.1 Å². The van der Waals surface area contributed by atoms with E-state index >= 15 is 0 Å². The summed E-state index contributed by atoms with van der Waals surface area (Å²) in [7, 11) is 4.60. The molecule has 41 heavy (non-hydrogen) atoms. The highest BCUT2D eigenvalue weighted by Crippen LogP contribution is 2.43. The van der Waals surface area contributed by atoms with Crippen LogP contribution in [0.25, 0.3) is 0 Å². The number of benzene rings is 3. The zero-order valence-electron chi connectivity index (χ0n) is 24.0. The lowest BCUT2D eigenvalue weighted by molar-refractivity contribution is -0.114. The van der Waals surface area contributed by atoms with E-state index in [4.69, 9.17) is 19.2 Å². The predicted octanol–water partition coefficient (Wildman–Crippen LogP) is 5.61. The molecule has 2 amide bonds. The topological polar surface area (TPSA) is 110 Å². The number of amides is 2. The van der Waals surface area contributed by atoms with Gasteiger partial charge in [-0.1, -0.05) is 36.0 Å².